The number of carbonyl (C=O) groups is 1. The number of anilines is 1. The number of benzene rings is 1. The second kappa shape index (κ2) is 9.48. The number of carbonyl (C=O) groups excluding carboxylic acids is 1. The number of amides is 1. The minimum Gasteiger partial charge on any atom is -0.396 e. The summed E-state index contributed by atoms with van der Waals surface area (Å²) in [4.78, 5) is 21.1. The number of piperazine rings is 1. The molecule has 0 unspecified atom stereocenters. The zero-order chi connectivity index (χ0) is 19.1. The summed E-state index contributed by atoms with van der Waals surface area (Å²) in [5, 5.41) is 12.3. The van der Waals surface area contributed by atoms with E-state index in [9.17, 15) is 9.90 Å². The summed E-state index contributed by atoms with van der Waals surface area (Å²) in [7, 11) is 0. The van der Waals surface area contributed by atoms with E-state index >= 15 is 0 Å². The van der Waals surface area contributed by atoms with Crippen LogP contribution in [0.15, 0.2) is 48.7 Å². The van der Waals surface area contributed by atoms with Crippen molar-refractivity contribution in [1.29, 1.82) is 0 Å². The van der Waals surface area contributed by atoms with E-state index in [0.717, 1.165) is 38.4 Å². The minimum atomic E-state index is -0.0950. The Morgan fingerprint density at radius 3 is 2.70 bits per heavy atom. The van der Waals surface area contributed by atoms with Crippen molar-refractivity contribution >= 4 is 11.7 Å². The zero-order valence-corrected chi connectivity index (χ0v) is 15.8. The molecule has 6 heteroatoms. The molecule has 1 aliphatic rings. The first-order chi connectivity index (χ1) is 13.2. The van der Waals surface area contributed by atoms with Crippen molar-refractivity contribution in [1.82, 2.24) is 15.2 Å². The molecule has 6 nitrogen and oxygen atoms in total. The van der Waals surface area contributed by atoms with Crippen molar-refractivity contribution in [2.45, 2.75) is 25.9 Å². The number of aliphatic hydroxyl groups excluding tert-OH is 1. The third-order valence-corrected chi connectivity index (χ3v) is 4.97. The monoisotopic (exact) mass is 368 g/mol. The molecule has 0 spiro atoms. The number of hydrogen-bond acceptors (Lipinski definition) is 5. The molecule has 144 valence electrons. The Hall–Kier alpha value is -2.44. The average molecular weight is 368 g/mol. The van der Waals surface area contributed by atoms with Crippen molar-refractivity contribution < 1.29 is 9.90 Å². The predicted molar refractivity (Wildman–Crippen MR) is 107 cm³/mol. The molecular weight excluding hydrogens is 340 g/mol. The summed E-state index contributed by atoms with van der Waals surface area (Å²) in [6.45, 7) is 6.18. The second-order valence-corrected chi connectivity index (χ2v) is 6.83. The van der Waals surface area contributed by atoms with Gasteiger partial charge in [-0.05, 0) is 31.0 Å². The molecule has 1 aliphatic heterocycles. The summed E-state index contributed by atoms with van der Waals surface area (Å²) in [6.07, 6.45) is 2.37. The van der Waals surface area contributed by atoms with Crippen molar-refractivity contribution in [3.05, 3.63) is 59.8 Å². The molecule has 1 amide bonds. The van der Waals surface area contributed by atoms with Gasteiger partial charge in [0.1, 0.15) is 5.82 Å². The Morgan fingerprint density at radius 2 is 2.04 bits per heavy atom. The number of aliphatic hydroxyl groups is 1. The van der Waals surface area contributed by atoms with Gasteiger partial charge in [-0.3, -0.25) is 9.69 Å². The van der Waals surface area contributed by atoms with Gasteiger partial charge in [0.2, 0.25) is 0 Å². The summed E-state index contributed by atoms with van der Waals surface area (Å²) >= 11 is 0. The highest BCUT2D eigenvalue weighted by Crippen LogP contribution is 2.21. The number of nitrogens with zero attached hydrogens (tertiary/aromatic N) is 3. The van der Waals surface area contributed by atoms with Crippen molar-refractivity contribution in [2.75, 3.05) is 37.7 Å². The molecule has 2 aromatic rings. The average Bonchev–Trinajstić information content (AvgIpc) is 2.70. The van der Waals surface area contributed by atoms with Crippen LogP contribution in [0.3, 0.4) is 0 Å². The van der Waals surface area contributed by atoms with Crippen LogP contribution in [0.5, 0.6) is 0 Å². The van der Waals surface area contributed by atoms with E-state index in [1.165, 1.54) is 5.56 Å². The van der Waals surface area contributed by atoms with Gasteiger partial charge in [-0.2, -0.15) is 0 Å². The molecule has 27 heavy (non-hydrogen) atoms. The predicted octanol–water partition coefficient (Wildman–Crippen LogP) is 1.90. The maximum atomic E-state index is 11.9. The molecule has 1 saturated heterocycles. The van der Waals surface area contributed by atoms with Gasteiger partial charge >= 0.3 is 0 Å². The van der Waals surface area contributed by atoms with E-state index in [-0.39, 0.29) is 18.6 Å². The fourth-order valence-electron chi connectivity index (χ4n) is 3.52. The van der Waals surface area contributed by atoms with Gasteiger partial charge in [0.05, 0.1) is 5.56 Å². The molecule has 0 saturated carbocycles. The quantitative estimate of drug-likeness (QED) is 0.781. The minimum absolute atomic E-state index is 0.0950. The number of pyridine rings is 1. The molecule has 3 rings (SSSR count). The summed E-state index contributed by atoms with van der Waals surface area (Å²) in [5.41, 5.74) is 1.87. The third kappa shape index (κ3) is 5.05. The van der Waals surface area contributed by atoms with Crippen LogP contribution in [0.1, 0.15) is 29.3 Å². The first kappa shape index (κ1) is 19.3. The lowest BCUT2D eigenvalue weighted by Gasteiger charge is -2.42. The standard InChI is InChI=1S/C21H28N4O2/c1-2-22-21(27)18-8-9-20(23-14-18)25-12-11-24(19(16-25)10-13-26)15-17-6-4-3-5-7-17/h3-9,14,19,26H,2,10-13,15-16H2,1H3,(H,22,27)/t19-/m0/s1. The van der Waals surface area contributed by atoms with Gasteiger partial charge in [-0.1, -0.05) is 30.3 Å². The molecule has 2 heterocycles. The van der Waals surface area contributed by atoms with Crippen LogP contribution in [0.25, 0.3) is 0 Å². The third-order valence-electron chi connectivity index (χ3n) is 4.97. The molecule has 1 aromatic carbocycles. The van der Waals surface area contributed by atoms with Crippen molar-refractivity contribution in [3.63, 3.8) is 0 Å². The fourth-order valence-corrected chi connectivity index (χ4v) is 3.52. The van der Waals surface area contributed by atoms with Crippen LogP contribution in [-0.2, 0) is 6.54 Å². The van der Waals surface area contributed by atoms with Crippen LogP contribution >= 0.6 is 0 Å². The van der Waals surface area contributed by atoms with E-state index in [1.807, 2.05) is 25.1 Å². The van der Waals surface area contributed by atoms with Crippen molar-refractivity contribution in [2.24, 2.45) is 0 Å². The van der Waals surface area contributed by atoms with E-state index in [1.54, 1.807) is 6.20 Å². The molecule has 1 atom stereocenters. The Balaban J connectivity index is 1.66. The maximum Gasteiger partial charge on any atom is 0.252 e. The fraction of sp³-hybridized carbons (Fsp3) is 0.429. The lowest BCUT2D eigenvalue weighted by atomic mass is 10.1. The number of rotatable bonds is 7. The van der Waals surface area contributed by atoms with Crippen LogP contribution < -0.4 is 10.2 Å². The molecule has 1 aromatic heterocycles. The molecule has 0 radical (unpaired) electrons. The highest BCUT2D eigenvalue weighted by Gasteiger charge is 2.27. The van der Waals surface area contributed by atoms with Gasteiger partial charge < -0.3 is 15.3 Å². The Labute approximate surface area is 160 Å². The highest BCUT2D eigenvalue weighted by atomic mass is 16.3. The number of hydrogen-bond donors (Lipinski definition) is 2. The zero-order valence-electron chi connectivity index (χ0n) is 15.8. The van der Waals surface area contributed by atoms with E-state index in [2.05, 4.69) is 44.4 Å². The van der Waals surface area contributed by atoms with Crippen LogP contribution in [-0.4, -0.2) is 59.7 Å². The van der Waals surface area contributed by atoms with Crippen molar-refractivity contribution in [3.8, 4) is 0 Å². The van der Waals surface area contributed by atoms with Crippen LogP contribution in [0.4, 0.5) is 5.82 Å². The molecule has 0 bridgehead atoms. The summed E-state index contributed by atoms with van der Waals surface area (Å²) in [6, 6.07) is 14.4. The Morgan fingerprint density at radius 1 is 1.22 bits per heavy atom. The van der Waals surface area contributed by atoms with Crippen LogP contribution in [0, 0.1) is 0 Å². The summed E-state index contributed by atoms with van der Waals surface area (Å²) < 4.78 is 0. The smallest absolute Gasteiger partial charge is 0.252 e. The van der Waals surface area contributed by atoms with E-state index < -0.39 is 0 Å². The Bertz CT molecular complexity index is 721. The second-order valence-electron chi connectivity index (χ2n) is 6.83. The first-order valence-corrected chi connectivity index (χ1v) is 9.59. The normalized spacial score (nSPS) is 17.7. The topological polar surface area (TPSA) is 68.7 Å². The Kier molecular flexibility index (Phi) is 6.79. The van der Waals surface area contributed by atoms with Gasteiger partial charge in [0.15, 0.2) is 0 Å². The largest absolute Gasteiger partial charge is 0.396 e. The number of aromatic nitrogens is 1. The number of nitrogens with one attached hydrogen (secondary N) is 1. The van der Waals surface area contributed by atoms with Crippen LogP contribution in [0.2, 0.25) is 0 Å². The SMILES string of the molecule is CCNC(=O)c1ccc(N2CCN(Cc3ccccc3)[C@@H](CCO)C2)nc1. The van der Waals surface area contributed by atoms with E-state index in [0.29, 0.717) is 12.1 Å². The lowest BCUT2D eigenvalue weighted by molar-refractivity contribution is 0.0955. The lowest BCUT2D eigenvalue weighted by Crippen LogP contribution is -2.53. The van der Waals surface area contributed by atoms with E-state index in [4.69, 9.17) is 0 Å². The van der Waals surface area contributed by atoms with Gasteiger partial charge in [-0.25, -0.2) is 4.98 Å². The molecule has 0 aliphatic carbocycles. The van der Waals surface area contributed by atoms with Gasteiger partial charge in [0, 0.05) is 51.6 Å². The van der Waals surface area contributed by atoms with Gasteiger partial charge in [-0.15, -0.1) is 0 Å². The molecule has 1 fully saturated rings. The van der Waals surface area contributed by atoms with Gasteiger partial charge in [0.25, 0.3) is 5.91 Å². The summed E-state index contributed by atoms with van der Waals surface area (Å²) in [5.74, 6) is 0.785. The first-order valence-electron chi connectivity index (χ1n) is 9.59. The maximum absolute atomic E-state index is 11.9. The highest BCUT2D eigenvalue weighted by molar-refractivity contribution is 5.94. The molecular formula is C21H28N4O2. The molecule has 2 N–H and O–H groups in total.